The summed E-state index contributed by atoms with van der Waals surface area (Å²) in [4.78, 5) is 16.0. The molecule has 0 unspecified atom stereocenters. The minimum absolute atomic E-state index is 0.250. The SMILES string of the molecule is O=C(/C=C/c1ccc(I)o1)Nn1cnc2ccccc21. The van der Waals surface area contributed by atoms with E-state index in [9.17, 15) is 4.79 Å². The zero-order valence-electron chi connectivity index (χ0n) is 10.3. The Morgan fingerprint density at radius 1 is 1.30 bits per heavy atom. The number of nitrogens with zero attached hydrogens (tertiary/aromatic N) is 2. The standard InChI is InChI=1S/C14H10IN3O2/c15-13-7-5-10(20-13)6-8-14(19)17-18-9-16-11-3-1-2-4-12(11)18/h1-9H,(H,17,19)/b8-6+. The smallest absolute Gasteiger partial charge is 0.262 e. The van der Waals surface area contributed by atoms with Gasteiger partial charge >= 0.3 is 0 Å². The molecule has 100 valence electrons. The highest BCUT2D eigenvalue weighted by Crippen LogP contribution is 2.12. The van der Waals surface area contributed by atoms with E-state index in [2.05, 4.69) is 33.0 Å². The number of imidazole rings is 1. The van der Waals surface area contributed by atoms with E-state index >= 15 is 0 Å². The highest BCUT2D eigenvalue weighted by Gasteiger charge is 2.03. The van der Waals surface area contributed by atoms with Gasteiger partial charge in [0.1, 0.15) is 12.1 Å². The van der Waals surface area contributed by atoms with Gasteiger partial charge in [0.2, 0.25) is 0 Å². The number of hydrogen-bond acceptors (Lipinski definition) is 3. The molecule has 0 aliphatic carbocycles. The van der Waals surface area contributed by atoms with Crippen molar-refractivity contribution in [1.82, 2.24) is 9.66 Å². The maximum absolute atomic E-state index is 11.8. The van der Waals surface area contributed by atoms with Gasteiger partial charge in [-0.1, -0.05) is 12.1 Å². The van der Waals surface area contributed by atoms with Crippen LogP contribution in [0, 0.1) is 3.77 Å². The van der Waals surface area contributed by atoms with Crippen LogP contribution < -0.4 is 5.43 Å². The Morgan fingerprint density at radius 2 is 2.15 bits per heavy atom. The van der Waals surface area contributed by atoms with Crippen molar-refractivity contribution in [3.8, 4) is 0 Å². The Kier molecular flexibility index (Phi) is 3.55. The molecule has 1 N–H and O–H groups in total. The molecule has 0 radical (unpaired) electrons. The normalized spacial score (nSPS) is 11.2. The van der Waals surface area contributed by atoms with Gasteiger partial charge in [-0.25, -0.2) is 9.66 Å². The third kappa shape index (κ3) is 2.74. The summed E-state index contributed by atoms with van der Waals surface area (Å²) in [5.41, 5.74) is 4.41. The number of para-hydroxylation sites is 2. The Bertz CT molecular complexity index is 788. The van der Waals surface area contributed by atoms with Gasteiger partial charge in [-0.2, -0.15) is 0 Å². The van der Waals surface area contributed by atoms with Gasteiger partial charge in [-0.15, -0.1) is 0 Å². The van der Waals surface area contributed by atoms with E-state index in [1.165, 1.54) is 6.08 Å². The molecule has 3 aromatic rings. The number of amides is 1. The molecule has 6 heteroatoms. The van der Waals surface area contributed by atoms with Crippen LogP contribution in [0.5, 0.6) is 0 Å². The van der Waals surface area contributed by atoms with Crippen LogP contribution >= 0.6 is 22.6 Å². The Labute approximate surface area is 128 Å². The van der Waals surface area contributed by atoms with Crippen LogP contribution in [-0.4, -0.2) is 15.6 Å². The first kappa shape index (κ1) is 12.9. The third-order valence-corrected chi connectivity index (χ3v) is 3.26. The van der Waals surface area contributed by atoms with E-state index in [1.54, 1.807) is 23.1 Å². The van der Waals surface area contributed by atoms with E-state index < -0.39 is 0 Å². The zero-order valence-corrected chi connectivity index (χ0v) is 12.4. The lowest BCUT2D eigenvalue weighted by atomic mass is 10.3. The Hall–Kier alpha value is -2.09. The number of carbonyl (C=O) groups excluding carboxylic acids is 1. The summed E-state index contributed by atoms with van der Waals surface area (Å²) in [6.45, 7) is 0. The molecule has 0 saturated carbocycles. The molecular weight excluding hydrogens is 369 g/mol. The lowest BCUT2D eigenvalue weighted by Gasteiger charge is -2.03. The second-order valence-corrected chi connectivity index (χ2v) is 5.12. The van der Waals surface area contributed by atoms with Crippen LogP contribution in [0.3, 0.4) is 0 Å². The molecule has 0 fully saturated rings. The molecule has 1 aromatic carbocycles. The minimum Gasteiger partial charge on any atom is -0.451 e. The maximum atomic E-state index is 11.8. The molecule has 0 atom stereocenters. The van der Waals surface area contributed by atoms with Crippen molar-refractivity contribution >= 4 is 45.6 Å². The minimum atomic E-state index is -0.250. The van der Waals surface area contributed by atoms with Crippen molar-refractivity contribution < 1.29 is 9.21 Å². The summed E-state index contributed by atoms with van der Waals surface area (Å²) in [5, 5.41) is 0. The largest absolute Gasteiger partial charge is 0.451 e. The number of nitrogens with one attached hydrogen (secondary N) is 1. The highest BCUT2D eigenvalue weighted by atomic mass is 127. The van der Waals surface area contributed by atoms with Gasteiger partial charge in [0.25, 0.3) is 5.91 Å². The number of furan rings is 1. The molecule has 3 rings (SSSR count). The zero-order chi connectivity index (χ0) is 13.9. The number of carbonyl (C=O) groups is 1. The monoisotopic (exact) mass is 379 g/mol. The van der Waals surface area contributed by atoms with Gasteiger partial charge < -0.3 is 4.42 Å². The fraction of sp³-hybridized carbons (Fsp3) is 0. The van der Waals surface area contributed by atoms with Crippen LogP contribution in [0.15, 0.2) is 53.2 Å². The summed E-state index contributed by atoms with van der Waals surface area (Å²) < 4.78 is 7.71. The molecule has 5 nitrogen and oxygen atoms in total. The van der Waals surface area contributed by atoms with Crippen molar-refractivity contribution in [1.29, 1.82) is 0 Å². The first-order chi connectivity index (χ1) is 9.72. The van der Waals surface area contributed by atoms with Crippen molar-refractivity contribution in [2.75, 3.05) is 5.43 Å². The van der Waals surface area contributed by atoms with Crippen molar-refractivity contribution in [3.05, 3.63) is 58.3 Å². The molecule has 20 heavy (non-hydrogen) atoms. The molecule has 0 aliphatic heterocycles. The molecular formula is C14H10IN3O2. The molecule has 0 saturated heterocycles. The number of halogens is 1. The fourth-order valence-electron chi connectivity index (χ4n) is 1.78. The third-order valence-electron chi connectivity index (χ3n) is 2.68. The summed E-state index contributed by atoms with van der Waals surface area (Å²) in [6.07, 6.45) is 4.62. The molecule has 1 amide bonds. The lowest BCUT2D eigenvalue weighted by Crippen LogP contribution is -2.19. The van der Waals surface area contributed by atoms with E-state index in [4.69, 9.17) is 4.42 Å². The van der Waals surface area contributed by atoms with Crippen LogP contribution in [-0.2, 0) is 4.79 Å². The number of benzene rings is 1. The summed E-state index contributed by atoms with van der Waals surface area (Å²) in [5.74, 6) is 0.389. The highest BCUT2D eigenvalue weighted by molar-refractivity contribution is 14.1. The number of aromatic nitrogens is 2. The van der Waals surface area contributed by atoms with E-state index in [1.807, 2.05) is 30.3 Å². The first-order valence-corrected chi connectivity index (χ1v) is 6.97. The van der Waals surface area contributed by atoms with Crippen LogP contribution in [0.25, 0.3) is 17.1 Å². The lowest BCUT2D eigenvalue weighted by molar-refractivity contribution is -0.112. The quantitative estimate of drug-likeness (QED) is 0.562. The number of rotatable bonds is 3. The number of hydrogen-bond donors (Lipinski definition) is 1. The summed E-state index contributed by atoms with van der Waals surface area (Å²) >= 11 is 2.07. The molecule has 0 bridgehead atoms. The van der Waals surface area contributed by atoms with Crippen LogP contribution in [0.1, 0.15) is 5.76 Å². The van der Waals surface area contributed by atoms with Crippen molar-refractivity contribution in [2.24, 2.45) is 0 Å². The molecule has 0 spiro atoms. The topological polar surface area (TPSA) is 60.1 Å². The summed E-state index contributed by atoms with van der Waals surface area (Å²) in [6, 6.07) is 11.2. The van der Waals surface area contributed by atoms with Crippen LogP contribution in [0.4, 0.5) is 0 Å². The van der Waals surface area contributed by atoms with Gasteiger partial charge in [0, 0.05) is 6.08 Å². The van der Waals surface area contributed by atoms with Gasteiger partial charge in [0.15, 0.2) is 3.77 Å². The Morgan fingerprint density at radius 3 is 2.95 bits per heavy atom. The van der Waals surface area contributed by atoms with Gasteiger partial charge in [-0.3, -0.25) is 10.2 Å². The van der Waals surface area contributed by atoms with Crippen LogP contribution in [0.2, 0.25) is 0 Å². The van der Waals surface area contributed by atoms with Gasteiger partial charge in [-0.05, 0) is 52.9 Å². The summed E-state index contributed by atoms with van der Waals surface area (Å²) in [7, 11) is 0. The second kappa shape index (κ2) is 5.49. The molecule has 2 heterocycles. The van der Waals surface area contributed by atoms with Crippen molar-refractivity contribution in [3.63, 3.8) is 0 Å². The van der Waals surface area contributed by atoms with E-state index in [0.717, 1.165) is 14.8 Å². The predicted octanol–water partition coefficient (Wildman–Crippen LogP) is 3.02. The number of fused-ring (bicyclic) bond motifs is 1. The second-order valence-electron chi connectivity index (χ2n) is 4.05. The van der Waals surface area contributed by atoms with Crippen molar-refractivity contribution in [2.45, 2.75) is 0 Å². The first-order valence-electron chi connectivity index (χ1n) is 5.89. The molecule has 0 aliphatic rings. The van der Waals surface area contributed by atoms with E-state index in [-0.39, 0.29) is 5.91 Å². The average molecular weight is 379 g/mol. The van der Waals surface area contributed by atoms with E-state index in [0.29, 0.717) is 5.76 Å². The molecule has 2 aromatic heterocycles. The fourth-order valence-corrected chi connectivity index (χ4v) is 2.21. The van der Waals surface area contributed by atoms with Gasteiger partial charge in [0.05, 0.1) is 11.0 Å². The predicted molar refractivity (Wildman–Crippen MR) is 84.6 cm³/mol. The maximum Gasteiger partial charge on any atom is 0.262 e. The Balaban J connectivity index is 1.74. The average Bonchev–Trinajstić information content (AvgIpc) is 3.04.